The Morgan fingerprint density at radius 1 is 1.04 bits per heavy atom. The first-order chi connectivity index (χ1) is 12.0. The van der Waals surface area contributed by atoms with Gasteiger partial charge in [-0.25, -0.2) is 0 Å². The van der Waals surface area contributed by atoms with E-state index in [9.17, 15) is 4.79 Å². The summed E-state index contributed by atoms with van der Waals surface area (Å²) in [4.78, 5) is 17.0. The van der Waals surface area contributed by atoms with Crippen molar-refractivity contribution in [2.75, 3.05) is 30.9 Å². The maximum atomic E-state index is 12.7. The fourth-order valence-corrected chi connectivity index (χ4v) is 2.93. The van der Waals surface area contributed by atoms with Crippen LogP contribution in [0.5, 0.6) is 0 Å². The van der Waals surface area contributed by atoms with Crippen molar-refractivity contribution in [3.05, 3.63) is 60.2 Å². The highest BCUT2D eigenvalue weighted by molar-refractivity contribution is 5.94. The van der Waals surface area contributed by atoms with Crippen LogP contribution in [-0.4, -0.2) is 37.5 Å². The fourth-order valence-electron chi connectivity index (χ4n) is 2.93. The molecule has 0 saturated carbocycles. The first-order valence-electron chi connectivity index (χ1n) is 8.88. The van der Waals surface area contributed by atoms with Gasteiger partial charge in [-0.05, 0) is 43.7 Å². The molecule has 1 atom stereocenters. The molecule has 0 fully saturated rings. The molecule has 25 heavy (non-hydrogen) atoms. The number of hydrogen-bond donors (Lipinski definition) is 1. The van der Waals surface area contributed by atoms with Gasteiger partial charge in [0.2, 0.25) is 5.91 Å². The molecule has 0 heterocycles. The lowest BCUT2D eigenvalue weighted by molar-refractivity contribution is -0.121. The van der Waals surface area contributed by atoms with Crippen LogP contribution in [0.15, 0.2) is 54.6 Å². The summed E-state index contributed by atoms with van der Waals surface area (Å²) in [7, 11) is 4.10. The molecule has 0 spiro atoms. The Bertz CT molecular complexity index is 670. The number of anilines is 2. The molecule has 0 aliphatic carbocycles. The van der Waals surface area contributed by atoms with E-state index in [1.54, 1.807) is 0 Å². The topological polar surface area (TPSA) is 35.6 Å². The van der Waals surface area contributed by atoms with E-state index in [4.69, 9.17) is 0 Å². The molecule has 4 heteroatoms. The molecule has 4 nitrogen and oxygen atoms in total. The summed E-state index contributed by atoms with van der Waals surface area (Å²) in [5.74, 6) is 0.0296. The predicted octanol–water partition coefficient (Wildman–Crippen LogP) is 3.99. The van der Waals surface area contributed by atoms with Gasteiger partial charge in [0.05, 0.1) is 6.04 Å². The SMILES string of the molecule is CCCN(Cc1ccccc1N(C)C)C(C)C(=O)Nc1ccccc1. The molecule has 1 unspecified atom stereocenters. The van der Waals surface area contributed by atoms with Gasteiger partial charge in [-0.3, -0.25) is 9.69 Å². The number of nitrogens with zero attached hydrogens (tertiary/aromatic N) is 2. The van der Waals surface area contributed by atoms with Crippen LogP contribution in [0, 0.1) is 0 Å². The summed E-state index contributed by atoms with van der Waals surface area (Å²) >= 11 is 0. The van der Waals surface area contributed by atoms with E-state index in [2.05, 4.69) is 60.4 Å². The van der Waals surface area contributed by atoms with Gasteiger partial charge >= 0.3 is 0 Å². The van der Waals surface area contributed by atoms with Gasteiger partial charge < -0.3 is 10.2 Å². The van der Waals surface area contributed by atoms with E-state index in [1.165, 1.54) is 11.3 Å². The van der Waals surface area contributed by atoms with Crippen LogP contribution >= 0.6 is 0 Å². The number of carbonyl (C=O) groups is 1. The molecular weight excluding hydrogens is 310 g/mol. The van der Waals surface area contributed by atoms with Gasteiger partial charge in [-0.1, -0.05) is 43.3 Å². The third-order valence-corrected chi connectivity index (χ3v) is 4.33. The van der Waals surface area contributed by atoms with Crippen molar-refractivity contribution in [3.8, 4) is 0 Å². The van der Waals surface area contributed by atoms with Crippen molar-refractivity contribution in [1.29, 1.82) is 0 Å². The molecule has 2 aromatic rings. The smallest absolute Gasteiger partial charge is 0.241 e. The van der Waals surface area contributed by atoms with E-state index in [0.717, 1.165) is 25.2 Å². The summed E-state index contributed by atoms with van der Waals surface area (Å²) in [6.07, 6.45) is 1.01. The van der Waals surface area contributed by atoms with Crippen LogP contribution in [-0.2, 0) is 11.3 Å². The van der Waals surface area contributed by atoms with Crippen molar-refractivity contribution in [3.63, 3.8) is 0 Å². The first kappa shape index (κ1) is 19.0. The highest BCUT2D eigenvalue weighted by Gasteiger charge is 2.22. The average molecular weight is 339 g/mol. The Kier molecular flexibility index (Phi) is 7.02. The summed E-state index contributed by atoms with van der Waals surface area (Å²) in [5, 5.41) is 3.01. The largest absolute Gasteiger partial charge is 0.377 e. The van der Waals surface area contributed by atoms with Gasteiger partial charge in [-0.15, -0.1) is 0 Å². The highest BCUT2D eigenvalue weighted by Crippen LogP contribution is 2.21. The van der Waals surface area contributed by atoms with Gasteiger partial charge in [0.15, 0.2) is 0 Å². The Hall–Kier alpha value is -2.33. The summed E-state index contributed by atoms with van der Waals surface area (Å²) in [5.41, 5.74) is 3.27. The normalized spacial score (nSPS) is 12.0. The zero-order chi connectivity index (χ0) is 18.2. The maximum Gasteiger partial charge on any atom is 0.241 e. The molecule has 0 aliphatic rings. The minimum atomic E-state index is -0.199. The third-order valence-electron chi connectivity index (χ3n) is 4.33. The van der Waals surface area contributed by atoms with Crippen molar-refractivity contribution < 1.29 is 4.79 Å². The van der Waals surface area contributed by atoms with E-state index in [-0.39, 0.29) is 11.9 Å². The number of hydrogen-bond acceptors (Lipinski definition) is 3. The van der Waals surface area contributed by atoms with Crippen molar-refractivity contribution >= 4 is 17.3 Å². The molecule has 0 bridgehead atoms. The Morgan fingerprint density at radius 3 is 2.32 bits per heavy atom. The molecule has 0 radical (unpaired) electrons. The number of benzene rings is 2. The Morgan fingerprint density at radius 2 is 1.68 bits per heavy atom. The monoisotopic (exact) mass is 339 g/mol. The second kappa shape index (κ2) is 9.23. The lowest BCUT2D eigenvalue weighted by Crippen LogP contribution is -2.42. The predicted molar refractivity (Wildman–Crippen MR) is 106 cm³/mol. The van der Waals surface area contributed by atoms with Crippen molar-refractivity contribution in [2.24, 2.45) is 0 Å². The molecular formula is C21H29N3O. The molecule has 0 aromatic heterocycles. The van der Waals surface area contributed by atoms with Gasteiger partial charge in [0, 0.05) is 32.0 Å². The first-order valence-corrected chi connectivity index (χ1v) is 8.88. The molecule has 1 N–H and O–H groups in total. The molecule has 0 saturated heterocycles. The van der Waals surface area contributed by atoms with E-state index >= 15 is 0 Å². The van der Waals surface area contributed by atoms with Crippen LogP contribution in [0.2, 0.25) is 0 Å². The molecule has 2 aromatic carbocycles. The number of carbonyl (C=O) groups excluding carboxylic acids is 1. The van der Waals surface area contributed by atoms with E-state index < -0.39 is 0 Å². The van der Waals surface area contributed by atoms with Crippen LogP contribution < -0.4 is 10.2 Å². The van der Waals surface area contributed by atoms with E-state index in [1.807, 2.05) is 37.3 Å². The maximum absolute atomic E-state index is 12.7. The van der Waals surface area contributed by atoms with Crippen LogP contribution in [0.25, 0.3) is 0 Å². The Balaban J connectivity index is 2.13. The second-order valence-electron chi connectivity index (χ2n) is 6.52. The van der Waals surface area contributed by atoms with Crippen molar-refractivity contribution in [1.82, 2.24) is 4.90 Å². The Labute approximate surface area is 151 Å². The number of amides is 1. The van der Waals surface area contributed by atoms with Crippen LogP contribution in [0.3, 0.4) is 0 Å². The highest BCUT2D eigenvalue weighted by atomic mass is 16.2. The lowest BCUT2D eigenvalue weighted by atomic mass is 10.1. The summed E-state index contributed by atoms with van der Waals surface area (Å²) in [6.45, 7) is 5.76. The average Bonchev–Trinajstić information content (AvgIpc) is 2.61. The van der Waals surface area contributed by atoms with E-state index in [0.29, 0.717) is 0 Å². The van der Waals surface area contributed by atoms with Gasteiger partial charge in [0.1, 0.15) is 0 Å². The quantitative estimate of drug-likeness (QED) is 0.790. The molecule has 0 aliphatic heterocycles. The minimum absolute atomic E-state index is 0.0296. The van der Waals surface area contributed by atoms with Crippen LogP contribution in [0.1, 0.15) is 25.8 Å². The zero-order valence-electron chi connectivity index (χ0n) is 15.7. The summed E-state index contributed by atoms with van der Waals surface area (Å²) < 4.78 is 0. The van der Waals surface area contributed by atoms with Gasteiger partial charge in [0.25, 0.3) is 0 Å². The fraction of sp³-hybridized carbons (Fsp3) is 0.381. The third kappa shape index (κ3) is 5.33. The molecule has 1 amide bonds. The van der Waals surface area contributed by atoms with Crippen LogP contribution in [0.4, 0.5) is 11.4 Å². The standard InChI is InChI=1S/C21H29N3O/c1-5-15-24(16-18-11-9-10-14-20(18)23(3)4)17(2)21(25)22-19-12-7-6-8-13-19/h6-14,17H,5,15-16H2,1-4H3,(H,22,25). The summed E-state index contributed by atoms with van der Waals surface area (Å²) in [6, 6.07) is 17.8. The van der Waals surface area contributed by atoms with Crippen molar-refractivity contribution in [2.45, 2.75) is 32.9 Å². The number of nitrogens with one attached hydrogen (secondary N) is 1. The number of para-hydroxylation sites is 2. The molecule has 2 rings (SSSR count). The molecule has 134 valence electrons. The number of rotatable bonds is 8. The lowest BCUT2D eigenvalue weighted by Gasteiger charge is -2.29. The minimum Gasteiger partial charge on any atom is -0.377 e. The second-order valence-corrected chi connectivity index (χ2v) is 6.52. The van der Waals surface area contributed by atoms with Gasteiger partial charge in [-0.2, -0.15) is 0 Å². The zero-order valence-corrected chi connectivity index (χ0v) is 15.7.